The number of nitrogens with one attached hydrogen (secondary N) is 1. The minimum atomic E-state index is -0.279. The monoisotopic (exact) mass is 200 g/mol. The average molecular weight is 200 g/mol. The highest BCUT2D eigenvalue weighted by Gasteiger charge is 2.00. The predicted molar refractivity (Wildman–Crippen MR) is 54.9 cm³/mol. The van der Waals surface area contributed by atoms with Gasteiger partial charge in [0.2, 0.25) is 0 Å². The molecule has 74 valence electrons. The molecular weight excluding hydrogens is 184 g/mol. The molecule has 0 aliphatic carbocycles. The van der Waals surface area contributed by atoms with Crippen molar-refractivity contribution in [1.29, 1.82) is 0 Å². The molecule has 0 spiro atoms. The van der Waals surface area contributed by atoms with Crippen molar-refractivity contribution in [3.05, 3.63) is 16.1 Å². The van der Waals surface area contributed by atoms with Crippen LogP contribution in [0.25, 0.3) is 0 Å². The number of thiazole rings is 1. The lowest BCUT2D eigenvalue weighted by atomic mass is 10.4. The van der Waals surface area contributed by atoms with Crippen LogP contribution in [0.4, 0.5) is 0 Å². The van der Waals surface area contributed by atoms with Gasteiger partial charge < -0.3 is 10.4 Å². The van der Waals surface area contributed by atoms with Gasteiger partial charge in [-0.25, -0.2) is 4.98 Å². The fourth-order valence-corrected chi connectivity index (χ4v) is 1.83. The quantitative estimate of drug-likeness (QED) is 0.750. The molecule has 0 bridgehead atoms. The smallest absolute Gasteiger partial charge is 0.0925 e. The zero-order chi connectivity index (χ0) is 9.68. The van der Waals surface area contributed by atoms with Crippen molar-refractivity contribution < 1.29 is 5.11 Å². The van der Waals surface area contributed by atoms with Crippen LogP contribution in [0, 0.1) is 0 Å². The number of aromatic nitrogens is 1. The molecule has 1 aromatic rings. The number of hydrogen-bond donors (Lipinski definition) is 2. The topological polar surface area (TPSA) is 45.2 Å². The molecule has 0 saturated carbocycles. The van der Waals surface area contributed by atoms with E-state index < -0.39 is 0 Å². The van der Waals surface area contributed by atoms with Crippen LogP contribution in [0.2, 0.25) is 0 Å². The molecule has 2 N–H and O–H groups in total. The highest BCUT2D eigenvalue weighted by Crippen LogP contribution is 2.12. The lowest BCUT2D eigenvalue weighted by molar-refractivity contribution is 0.191. The van der Waals surface area contributed by atoms with Gasteiger partial charge in [-0.2, -0.15) is 0 Å². The molecule has 3 nitrogen and oxygen atoms in total. The molecule has 0 radical (unpaired) electrons. The van der Waals surface area contributed by atoms with E-state index in [9.17, 15) is 0 Å². The summed E-state index contributed by atoms with van der Waals surface area (Å²) in [4.78, 5) is 5.48. The van der Waals surface area contributed by atoms with Gasteiger partial charge in [0.05, 0.1) is 11.1 Å². The molecule has 0 fully saturated rings. The maximum absolute atomic E-state index is 9.01. The highest BCUT2D eigenvalue weighted by atomic mass is 32.1. The molecule has 0 aliphatic rings. The van der Waals surface area contributed by atoms with E-state index in [0.717, 1.165) is 13.0 Å². The summed E-state index contributed by atoms with van der Waals surface area (Å²) in [6.45, 7) is 5.32. The van der Waals surface area contributed by atoms with Crippen molar-refractivity contribution in [3.8, 4) is 0 Å². The zero-order valence-corrected chi connectivity index (χ0v) is 8.90. The van der Waals surface area contributed by atoms with Crippen molar-refractivity contribution in [3.63, 3.8) is 0 Å². The number of hydrogen-bond acceptors (Lipinski definition) is 4. The normalized spacial score (nSPS) is 13.2. The molecule has 0 amide bonds. The Morgan fingerprint density at radius 1 is 1.69 bits per heavy atom. The third-order valence-electron chi connectivity index (χ3n) is 1.64. The van der Waals surface area contributed by atoms with Crippen LogP contribution in [0.5, 0.6) is 0 Å². The van der Waals surface area contributed by atoms with E-state index in [4.69, 9.17) is 5.11 Å². The third kappa shape index (κ3) is 3.85. The van der Waals surface area contributed by atoms with Crippen LogP contribution in [0.15, 0.2) is 6.20 Å². The largest absolute Gasteiger partial charge is 0.392 e. The van der Waals surface area contributed by atoms with Crippen LogP contribution in [0.1, 0.15) is 23.7 Å². The standard InChI is InChI=1S/C9H16N2OS/c1-3-9-11-6-8(13-9)5-10-4-7(2)12/h6-7,10,12H,3-5H2,1-2H3/t7-/m1/s1. The maximum atomic E-state index is 9.01. The lowest BCUT2D eigenvalue weighted by Crippen LogP contribution is -2.23. The minimum absolute atomic E-state index is 0.279. The van der Waals surface area contributed by atoms with Crippen LogP contribution >= 0.6 is 11.3 Å². The van der Waals surface area contributed by atoms with E-state index in [2.05, 4.69) is 17.2 Å². The summed E-state index contributed by atoms with van der Waals surface area (Å²) < 4.78 is 0. The molecule has 1 aromatic heterocycles. The average Bonchev–Trinajstić information content (AvgIpc) is 2.52. The maximum Gasteiger partial charge on any atom is 0.0925 e. The Balaban J connectivity index is 2.28. The van der Waals surface area contributed by atoms with Crippen LogP contribution < -0.4 is 5.32 Å². The fraction of sp³-hybridized carbons (Fsp3) is 0.667. The summed E-state index contributed by atoms with van der Waals surface area (Å²) in [6, 6.07) is 0. The van der Waals surface area contributed by atoms with E-state index >= 15 is 0 Å². The van der Waals surface area contributed by atoms with Crippen molar-refractivity contribution in [2.45, 2.75) is 32.9 Å². The fourth-order valence-electron chi connectivity index (χ4n) is 0.997. The van der Waals surface area contributed by atoms with Gasteiger partial charge in [-0.15, -0.1) is 11.3 Å². The van der Waals surface area contributed by atoms with Crippen molar-refractivity contribution in [2.24, 2.45) is 0 Å². The van der Waals surface area contributed by atoms with Crippen LogP contribution in [-0.2, 0) is 13.0 Å². The summed E-state index contributed by atoms with van der Waals surface area (Å²) in [7, 11) is 0. The number of aliphatic hydroxyl groups excluding tert-OH is 1. The number of nitrogens with zero attached hydrogens (tertiary/aromatic N) is 1. The number of rotatable bonds is 5. The van der Waals surface area contributed by atoms with Gasteiger partial charge in [-0.1, -0.05) is 6.92 Å². The first-order valence-corrected chi connectivity index (χ1v) is 5.36. The Labute approximate surface area is 82.8 Å². The van der Waals surface area contributed by atoms with E-state index in [1.807, 2.05) is 6.20 Å². The molecule has 0 saturated heterocycles. The SMILES string of the molecule is CCc1ncc(CNC[C@@H](C)O)s1. The van der Waals surface area contributed by atoms with Gasteiger partial charge in [0.25, 0.3) is 0 Å². The minimum Gasteiger partial charge on any atom is -0.392 e. The van der Waals surface area contributed by atoms with E-state index in [0.29, 0.717) is 6.54 Å². The molecule has 1 heterocycles. The van der Waals surface area contributed by atoms with Gasteiger partial charge in [0, 0.05) is 24.2 Å². The summed E-state index contributed by atoms with van der Waals surface area (Å²) in [5.74, 6) is 0. The first-order chi connectivity index (χ1) is 6.22. The molecule has 13 heavy (non-hydrogen) atoms. The van der Waals surface area contributed by atoms with Gasteiger partial charge >= 0.3 is 0 Å². The van der Waals surface area contributed by atoms with E-state index in [-0.39, 0.29) is 6.10 Å². The van der Waals surface area contributed by atoms with Gasteiger partial charge in [-0.3, -0.25) is 0 Å². The summed E-state index contributed by atoms with van der Waals surface area (Å²) >= 11 is 1.73. The molecule has 0 aliphatic heterocycles. The Hall–Kier alpha value is -0.450. The van der Waals surface area contributed by atoms with Crippen molar-refractivity contribution >= 4 is 11.3 Å². The van der Waals surface area contributed by atoms with Crippen LogP contribution in [0.3, 0.4) is 0 Å². The predicted octanol–water partition coefficient (Wildman–Crippen LogP) is 1.18. The molecule has 1 rings (SSSR count). The second-order valence-electron chi connectivity index (χ2n) is 3.05. The third-order valence-corrected chi connectivity index (χ3v) is 2.78. The first kappa shape index (κ1) is 10.6. The molecule has 4 heteroatoms. The summed E-state index contributed by atoms with van der Waals surface area (Å²) in [5, 5.41) is 13.3. The lowest BCUT2D eigenvalue weighted by Gasteiger charge is -2.03. The van der Waals surface area contributed by atoms with Gasteiger partial charge in [0.1, 0.15) is 0 Å². The Morgan fingerprint density at radius 3 is 3.00 bits per heavy atom. The van der Waals surface area contributed by atoms with Crippen molar-refractivity contribution in [1.82, 2.24) is 10.3 Å². The molecule has 1 atom stereocenters. The second kappa shape index (κ2) is 5.32. The molecule has 0 aromatic carbocycles. The Morgan fingerprint density at radius 2 is 2.46 bits per heavy atom. The second-order valence-corrected chi connectivity index (χ2v) is 4.25. The van der Waals surface area contributed by atoms with Crippen LogP contribution in [-0.4, -0.2) is 22.7 Å². The summed E-state index contributed by atoms with van der Waals surface area (Å²) in [6.07, 6.45) is 2.62. The zero-order valence-electron chi connectivity index (χ0n) is 8.08. The Kier molecular flexibility index (Phi) is 4.35. The Bertz CT molecular complexity index is 248. The van der Waals surface area contributed by atoms with E-state index in [1.54, 1.807) is 18.3 Å². The number of aryl methyl sites for hydroxylation is 1. The highest BCUT2D eigenvalue weighted by molar-refractivity contribution is 7.11. The van der Waals surface area contributed by atoms with Gasteiger partial charge in [-0.05, 0) is 13.3 Å². The first-order valence-electron chi connectivity index (χ1n) is 4.54. The molecule has 0 unspecified atom stereocenters. The summed E-state index contributed by atoms with van der Waals surface area (Å²) in [5.41, 5.74) is 0. The molecular formula is C9H16N2OS. The van der Waals surface area contributed by atoms with Crippen molar-refractivity contribution in [2.75, 3.05) is 6.54 Å². The van der Waals surface area contributed by atoms with E-state index in [1.165, 1.54) is 9.88 Å². The van der Waals surface area contributed by atoms with Gasteiger partial charge in [0.15, 0.2) is 0 Å². The number of aliphatic hydroxyl groups is 1.